The fourth-order valence-corrected chi connectivity index (χ4v) is 1.76. The number of carbonyl (C=O) groups is 2. The Bertz CT molecular complexity index is 505. The van der Waals surface area contributed by atoms with Gasteiger partial charge < -0.3 is 15.3 Å². The summed E-state index contributed by atoms with van der Waals surface area (Å²) in [6.07, 6.45) is 1.80. The van der Waals surface area contributed by atoms with Gasteiger partial charge in [0.05, 0.1) is 11.3 Å². The van der Waals surface area contributed by atoms with E-state index in [2.05, 4.69) is 5.32 Å². The number of carboxylic acids is 1. The molecule has 0 heterocycles. The van der Waals surface area contributed by atoms with Gasteiger partial charge in [-0.3, -0.25) is 0 Å². The molecule has 1 aromatic rings. The number of aromatic carboxylic acids is 1. The molecule has 1 rings (SSSR count). The van der Waals surface area contributed by atoms with Crippen LogP contribution in [-0.4, -0.2) is 35.1 Å². The average Bonchev–Trinajstić information content (AvgIpc) is 2.40. The zero-order valence-corrected chi connectivity index (χ0v) is 11.8. The number of amides is 2. The second-order valence-corrected chi connectivity index (χ2v) is 4.68. The van der Waals surface area contributed by atoms with Gasteiger partial charge in [0.1, 0.15) is 5.82 Å². The molecule has 0 aliphatic heterocycles. The largest absolute Gasteiger partial charge is 0.478 e. The highest BCUT2D eigenvalue weighted by Gasteiger charge is 2.17. The summed E-state index contributed by atoms with van der Waals surface area (Å²) in [5.41, 5.74) is -0.191. The number of nitrogens with one attached hydrogen (secondary N) is 1. The third-order valence-electron chi connectivity index (χ3n) is 3.15. The number of anilines is 1. The van der Waals surface area contributed by atoms with Crippen molar-refractivity contribution in [1.29, 1.82) is 0 Å². The Balaban J connectivity index is 2.78. The Morgan fingerprint density at radius 3 is 2.60 bits per heavy atom. The summed E-state index contributed by atoms with van der Waals surface area (Å²) in [5.74, 6) is -1.98. The van der Waals surface area contributed by atoms with E-state index in [4.69, 9.17) is 5.11 Å². The normalized spacial score (nSPS) is 11.8. The maximum absolute atomic E-state index is 13.7. The van der Waals surface area contributed by atoms with Gasteiger partial charge in [0.15, 0.2) is 0 Å². The fourth-order valence-electron chi connectivity index (χ4n) is 1.76. The van der Waals surface area contributed by atoms with Crippen molar-refractivity contribution in [2.45, 2.75) is 32.7 Å². The van der Waals surface area contributed by atoms with Crippen molar-refractivity contribution in [2.75, 3.05) is 12.4 Å². The van der Waals surface area contributed by atoms with E-state index in [0.29, 0.717) is 0 Å². The van der Waals surface area contributed by atoms with Crippen LogP contribution in [0.25, 0.3) is 0 Å². The standard InChI is InChI=1S/C14H19FN2O3/c1-4-5-9(2)17(3)14(20)16-12-7-6-10(13(18)19)8-11(12)15/h6-9H,4-5H2,1-3H3,(H,16,20)(H,18,19). The first-order chi connectivity index (χ1) is 9.36. The lowest BCUT2D eigenvalue weighted by Gasteiger charge is -2.25. The van der Waals surface area contributed by atoms with Crippen molar-refractivity contribution >= 4 is 17.7 Å². The van der Waals surface area contributed by atoms with Crippen molar-refractivity contribution in [3.8, 4) is 0 Å². The first-order valence-corrected chi connectivity index (χ1v) is 6.43. The molecule has 1 unspecified atom stereocenters. The third kappa shape index (κ3) is 3.94. The van der Waals surface area contributed by atoms with Crippen LogP contribution in [0.1, 0.15) is 37.0 Å². The summed E-state index contributed by atoms with van der Waals surface area (Å²) in [7, 11) is 1.64. The van der Waals surface area contributed by atoms with E-state index in [9.17, 15) is 14.0 Å². The molecule has 2 N–H and O–H groups in total. The van der Waals surface area contributed by atoms with Crippen LogP contribution in [0, 0.1) is 5.82 Å². The number of carboxylic acid groups (broad SMARTS) is 1. The van der Waals surface area contributed by atoms with Crippen LogP contribution in [0.3, 0.4) is 0 Å². The SMILES string of the molecule is CCCC(C)N(C)C(=O)Nc1ccc(C(=O)O)cc1F. The van der Waals surface area contributed by atoms with Gasteiger partial charge in [-0.1, -0.05) is 13.3 Å². The lowest BCUT2D eigenvalue weighted by molar-refractivity contribution is 0.0696. The second kappa shape index (κ2) is 6.88. The first kappa shape index (κ1) is 15.9. The van der Waals surface area contributed by atoms with Crippen LogP contribution in [-0.2, 0) is 0 Å². The Kier molecular flexibility index (Phi) is 5.49. The van der Waals surface area contributed by atoms with Gasteiger partial charge >= 0.3 is 12.0 Å². The maximum Gasteiger partial charge on any atom is 0.335 e. The number of hydrogen-bond donors (Lipinski definition) is 2. The predicted octanol–water partition coefficient (Wildman–Crippen LogP) is 3.18. The first-order valence-electron chi connectivity index (χ1n) is 6.43. The van der Waals surface area contributed by atoms with E-state index in [1.165, 1.54) is 17.0 Å². The second-order valence-electron chi connectivity index (χ2n) is 4.68. The van der Waals surface area contributed by atoms with Gasteiger partial charge in [-0.25, -0.2) is 14.0 Å². The minimum absolute atomic E-state index is 0.0319. The molecule has 0 saturated heterocycles. The third-order valence-corrected chi connectivity index (χ3v) is 3.15. The number of benzene rings is 1. The van der Waals surface area contributed by atoms with E-state index in [1.54, 1.807) is 7.05 Å². The molecule has 0 aromatic heterocycles. The molecule has 0 saturated carbocycles. The lowest BCUT2D eigenvalue weighted by Crippen LogP contribution is -2.38. The zero-order valence-electron chi connectivity index (χ0n) is 11.8. The molecular weight excluding hydrogens is 263 g/mol. The number of carbonyl (C=O) groups excluding carboxylic acids is 1. The van der Waals surface area contributed by atoms with E-state index in [1.807, 2.05) is 13.8 Å². The molecule has 0 fully saturated rings. The van der Waals surface area contributed by atoms with Crippen LogP contribution >= 0.6 is 0 Å². The molecule has 20 heavy (non-hydrogen) atoms. The lowest BCUT2D eigenvalue weighted by atomic mass is 10.2. The Hall–Kier alpha value is -2.11. The molecule has 0 bridgehead atoms. The number of halogens is 1. The van der Waals surface area contributed by atoms with Crippen molar-refractivity contribution < 1.29 is 19.1 Å². The molecule has 5 nitrogen and oxygen atoms in total. The van der Waals surface area contributed by atoms with Gasteiger partial charge in [0.25, 0.3) is 0 Å². The summed E-state index contributed by atoms with van der Waals surface area (Å²) in [6, 6.07) is 2.99. The predicted molar refractivity (Wildman–Crippen MR) is 74.5 cm³/mol. The monoisotopic (exact) mass is 282 g/mol. The van der Waals surface area contributed by atoms with Gasteiger partial charge in [-0.15, -0.1) is 0 Å². The molecular formula is C14H19FN2O3. The smallest absolute Gasteiger partial charge is 0.335 e. The number of nitrogens with zero attached hydrogens (tertiary/aromatic N) is 1. The quantitative estimate of drug-likeness (QED) is 0.871. The minimum Gasteiger partial charge on any atom is -0.478 e. The van der Waals surface area contributed by atoms with E-state index in [-0.39, 0.29) is 17.3 Å². The van der Waals surface area contributed by atoms with E-state index < -0.39 is 17.8 Å². The van der Waals surface area contributed by atoms with Gasteiger partial charge in [-0.2, -0.15) is 0 Å². The molecule has 6 heteroatoms. The maximum atomic E-state index is 13.7. The number of hydrogen-bond acceptors (Lipinski definition) is 2. The minimum atomic E-state index is -1.21. The summed E-state index contributed by atoms with van der Waals surface area (Å²) < 4.78 is 13.7. The molecule has 110 valence electrons. The van der Waals surface area contributed by atoms with Crippen molar-refractivity contribution in [3.63, 3.8) is 0 Å². The highest BCUT2D eigenvalue weighted by atomic mass is 19.1. The van der Waals surface area contributed by atoms with E-state index in [0.717, 1.165) is 18.9 Å². The van der Waals surface area contributed by atoms with Crippen LogP contribution in [0.5, 0.6) is 0 Å². The van der Waals surface area contributed by atoms with Crippen LogP contribution in [0.2, 0.25) is 0 Å². The van der Waals surface area contributed by atoms with Crippen LogP contribution in [0.4, 0.5) is 14.9 Å². The Morgan fingerprint density at radius 2 is 2.10 bits per heavy atom. The van der Waals surface area contributed by atoms with Crippen LogP contribution < -0.4 is 5.32 Å². The molecule has 0 radical (unpaired) electrons. The summed E-state index contributed by atoms with van der Waals surface area (Å²) >= 11 is 0. The van der Waals surface area contributed by atoms with Gasteiger partial charge in [0, 0.05) is 13.1 Å². The molecule has 2 amide bonds. The van der Waals surface area contributed by atoms with Crippen molar-refractivity contribution in [2.24, 2.45) is 0 Å². The van der Waals surface area contributed by atoms with Crippen molar-refractivity contribution in [3.05, 3.63) is 29.6 Å². The molecule has 0 aliphatic carbocycles. The number of rotatable bonds is 5. The topological polar surface area (TPSA) is 69.6 Å². The number of urea groups is 1. The fraction of sp³-hybridized carbons (Fsp3) is 0.429. The highest BCUT2D eigenvalue weighted by molar-refractivity contribution is 5.91. The average molecular weight is 282 g/mol. The van der Waals surface area contributed by atoms with Crippen molar-refractivity contribution in [1.82, 2.24) is 4.90 Å². The molecule has 1 atom stereocenters. The Morgan fingerprint density at radius 1 is 1.45 bits per heavy atom. The highest BCUT2D eigenvalue weighted by Crippen LogP contribution is 2.17. The molecule has 1 aromatic carbocycles. The zero-order chi connectivity index (χ0) is 15.3. The summed E-state index contributed by atoms with van der Waals surface area (Å²) in [4.78, 5) is 24.1. The van der Waals surface area contributed by atoms with Gasteiger partial charge in [-0.05, 0) is 31.5 Å². The molecule has 0 aliphatic rings. The summed E-state index contributed by atoms with van der Waals surface area (Å²) in [5, 5.41) is 11.2. The van der Waals surface area contributed by atoms with Crippen LogP contribution in [0.15, 0.2) is 18.2 Å². The van der Waals surface area contributed by atoms with Gasteiger partial charge in [0.2, 0.25) is 0 Å². The Labute approximate surface area is 117 Å². The van der Waals surface area contributed by atoms with E-state index >= 15 is 0 Å². The molecule has 0 spiro atoms. The summed E-state index contributed by atoms with van der Waals surface area (Å²) in [6.45, 7) is 3.93.